The molecule has 1 aromatic carbocycles. The second-order valence-corrected chi connectivity index (χ2v) is 5.90. The number of nitrogens with zero attached hydrogens (tertiary/aromatic N) is 2. The molecular weight excluding hydrogens is 398 g/mol. The minimum atomic E-state index is -4.67. The maximum Gasteiger partial charge on any atom is 0.416 e. The smallest absolute Gasteiger partial charge is 0.416 e. The average Bonchev–Trinajstić information content (AvgIpc) is 2.89. The van der Waals surface area contributed by atoms with Crippen LogP contribution in [0.5, 0.6) is 0 Å². The number of benzene rings is 1. The molecule has 0 aliphatic carbocycles. The van der Waals surface area contributed by atoms with Crippen LogP contribution in [0.1, 0.15) is 28.5 Å². The van der Waals surface area contributed by atoms with Gasteiger partial charge in [0.1, 0.15) is 5.69 Å². The number of esters is 1. The molecule has 0 radical (unpaired) electrons. The molecule has 0 spiro atoms. The van der Waals surface area contributed by atoms with Crippen LogP contribution in [-0.2, 0) is 10.9 Å². The first kappa shape index (κ1) is 20.1. The van der Waals surface area contributed by atoms with Crippen LogP contribution >= 0.6 is 23.2 Å². The molecule has 2 aromatic rings. The number of carbonyl (C=O) groups excluding carboxylic acids is 1. The minimum absolute atomic E-state index is 0.105. The van der Waals surface area contributed by atoms with Gasteiger partial charge in [-0.15, -0.1) is 0 Å². The summed E-state index contributed by atoms with van der Waals surface area (Å²) >= 11 is 11.9. The summed E-state index contributed by atoms with van der Waals surface area (Å²) in [5.74, 6) is -0.863. The number of ether oxygens (including phenoxy) is 1. The van der Waals surface area contributed by atoms with E-state index in [1.54, 1.807) is 0 Å². The fourth-order valence-electron chi connectivity index (χ4n) is 2.23. The molecule has 140 valence electrons. The summed E-state index contributed by atoms with van der Waals surface area (Å²) in [6, 6.07) is 1.27. The largest absolute Gasteiger partial charge is 0.464 e. The molecule has 0 aliphatic rings. The highest BCUT2D eigenvalue weighted by molar-refractivity contribution is 6.37. The topological polar surface area (TPSA) is 76.4 Å². The number of halogens is 5. The van der Waals surface area contributed by atoms with Crippen molar-refractivity contribution in [3.8, 4) is 5.69 Å². The predicted octanol–water partition coefficient (Wildman–Crippen LogP) is 3.72. The number of carbonyl (C=O) groups is 1. The Bertz CT molecular complexity index is 938. The first-order valence-corrected chi connectivity index (χ1v) is 7.72. The van der Waals surface area contributed by atoms with Gasteiger partial charge in [-0.25, -0.2) is 9.48 Å². The van der Waals surface area contributed by atoms with E-state index >= 15 is 0 Å². The second kappa shape index (κ2) is 7.16. The van der Waals surface area contributed by atoms with E-state index in [-0.39, 0.29) is 22.7 Å². The number of rotatable bonds is 3. The SMILES string of the molecule is CN=C(C)c1c(C(=O)OC)[nH]n(-c2c(Cl)cc(C(F)(F)F)cc2Cl)c1=O. The predicted molar refractivity (Wildman–Crippen MR) is 90.9 cm³/mol. The zero-order chi connectivity index (χ0) is 19.8. The molecule has 1 N–H and O–H groups in total. The number of hydrogen-bond acceptors (Lipinski definition) is 4. The summed E-state index contributed by atoms with van der Waals surface area (Å²) in [5.41, 5.74) is -2.19. The highest BCUT2D eigenvalue weighted by Gasteiger charge is 2.33. The van der Waals surface area contributed by atoms with Gasteiger partial charge in [0.2, 0.25) is 0 Å². The van der Waals surface area contributed by atoms with Crippen molar-refractivity contribution >= 4 is 34.9 Å². The molecule has 0 saturated carbocycles. The van der Waals surface area contributed by atoms with Crippen molar-refractivity contribution in [2.24, 2.45) is 4.99 Å². The molecule has 2 rings (SSSR count). The van der Waals surface area contributed by atoms with E-state index in [0.717, 1.165) is 11.8 Å². The summed E-state index contributed by atoms with van der Waals surface area (Å²) in [5, 5.41) is 1.61. The fourth-order valence-corrected chi connectivity index (χ4v) is 2.89. The summed E-state index contributed by atoms with van der Waals surface area (Å²) in [7, 11) is 2.52. The molecule has 0 aliphatic heterocycles. The van der Waals surface area contributed by atoms with Crippen LogP contribution in [-0.4, -0.2) is 35.6 Å². The molecule has 1 aromatic heterocycles. The van der Waals surface area contributed by atoms with Crippen LogP contribution in [0.4, 0.5) is 13.2 Å². The number of methoxy groups -OCH3 is 1. The van der Waals surface area contributed by atoms with Crippen molar-refractivity contribution in [1.82, 2.24) is 9.78 Å². The number of H-pyrrole nitrogens is 1. The van der Waals surface area contributed by atoms with Crippen LogP contribution in [0, 0.1) is 0 Å². The first-order valence-electron chi connectivity index (χ1n) is 6.96. The molecule has 0 atom stereocenters. The molecule has 0 saturated heterocycles. The lowest BCUT2D eigenvalue weighted by atomic mass is 10.1. The lowest BCUT2D eigenvalue weighted by Crippen LogP contribution is -2.21. The molecule has 0 amide bonds. The average molecular weight is 410 g/mol. The molecule has 0 bridgehead atoms. The number of aliphatic imine (C=N–C) groups is 1. The van der Waals surface area contributed by atoms with Crippen LogP contribution < -0.4 is 5.56 Å². The Kier molecular flexibility index (Phi) is 5.52. The first-order chi connectivity index (χ1) is 12.0. The molecule has 0 unspecified atom stereocenters. The van der Waals surface area contributed by atoms with Crippen molar-refractivity contribution in [1.29, 1.82) is 0 Å². The van der Waals surface area contributed by atoms with Gasteiger partial charge in [-0.3, -0.25) is 14.9 Å². The highest BCUT2D eigenvalue weighted by Crippen LogP contribution is 2.37. The highest BCUT2D eigenvalue weighted by atomic mass is 35.5. The van der Waals surface area contributed by atoms with E-state index in [9.17, 15) is 22.8 Å². The maximum absolute atomic E-state index is 12.9. The van der Waals surface area contributed by atoms with Gasteiger partial charge in [0.25, 0.3) is 5.56 Å². The van der Waals surface area contributed by atoms with Crippen molar-refractivity contribution in [2.45, 2.75) is 13.1 Å². The van der Waals surface area contributed by atoms with Crippen molar-refractivity contribution in [3.05, 3.63) is 49.4 Å². The Labute approximate surface area is 155 Å². The van der Waals surface area contributed by atoms with E-state index < -0.39 is 33.3 Å². The quantitative estimate of drug-likeness (QED) is 0.619. The number of aromatic amines is 1. The van der Waals surface area contributed by atoms with Gasteiger partial charge in [0.15, 0.2) is 5.69 Å². The fraction of sp³-hybridized carbons (Fsp3) is 0.267. The summed E-state index contributed by atoms with van der Waals surface area (Å²) in [6.07, 6.45) is -4.67. The zero-order valence-corrected chi connectivity index (χ0v) is 15.2. The van der Waals surface area contributed by atoms with Crippen LogP contribution in [0.25, 0.3) is 5.69 Å². The van der Waals surface area contributed by atoms with Crippen molar-refractivity contribution in [3.63, 3.8) is 0 Å². The Morgan fingerprint density at radius 2 is 1.81 bits per heavy atom. The Morgan fingerprint density at radius 1 is 1.27 bits per heavy atom. The Balaban J connectivity index is 2.81. The van der Waals surface area contributed by atoms with Gasteiger partial charge in [0.05, 0.1) is 28.3 Å². The zero-order valence-electron chi connectivity index (χ0n) is 13.7. The van der Waals surface area contributed by atoms with E-state index in [2.05, 4.69) is 14.8 Å². The van der Waals surface area contributed by atoms with E-state index in [1.165, 1.54) is 14.0 Å². The maximum atomic E-state index is 12.9. The van der Waals surface area contributed by atoms with Crippen molar-refractivity contribution in [2.75, 3.05) is 14.2 Å². The monoisotopic (exact) mass is 409 g/mol. The standard InChI is InChI=1S/C15H12Cl2F3N3O3/c1-6(21-2)10-11(14(25)26-3)22-23(13(10)24)12-8(16)4-7(5-9(12)17)15(18,19)20/h4-5,22H,1-3H3. The second-order valence-electron chi connectivity index (χ2n) is 5.09. The van der Waals surface area contributed by atoms with E-state index in [1.807, 2.05) is 0 Å². The lowest BCUT2D eigenvalue weighted by molar-refractivity contribution is -0.137. The van der Waals surface area contributed by atoms with Gasteiger partial charge in [0, 0.05) is 12.8 Å². The summed E-state index contributed by atoms with van der Waals surface area (Å²) < 4.78 is 44.0. The van der Waals surface area contributed by atoms with Gasteiger partial charge in [-0.2, -0.15) is 13.2 Å². The summed E-state index contributed by atoms with van der Waals surface area (Å²) in [4.78, 5) is 28.5. The molecule has 1 heterocycles. The molecule has 0 fully saturated rings. The van der Waals surface area contributed by atoms with Crippen LogP contribution in [0.3, 0.4) is 0 Å². The Morgan fingerprint density at radius 3 is 2.23 bits per heavy atom. The number of hydrogen-bond donors (Lipinski definition) is 1. The van der Waals surface area contributed by atoms with Gasteiger partial charge < -0.3 is 4.74 Å². The van der Waals surface area contributed by atoms with Crippen molar-refractivity contribution < 1.29 is 22.7 Å². The van der Waals surface area contributed by atoms with Crippen LogP contribution in [0.2, 0.25) is 10.0 Å². The van der Waals surface area contributed by atoms with E-state index in [4.69, 9.17) is 23.2 Å². The van der Waals surface area contributed by atoms with Gasteiger partial charge >= 0.3 is 12.1 Å². The third kappa shape index (κ3) is 3.49. The minimum Gasteiger partial charge on any atom is -0.464 e. The number of aromatic nitrogens is 2. The van der Waals surface area contributed by atoms with E-state index in [0.29, 0.717) is 12.1 Å². The number of nitrogens with one attached hydrogen (secondary N) is 1. The molecule has 6 nitrogen and oxygen atoms in total. The van der Waals surface area contributed by atoms with Gasteiger partial charge in [-0.05, 0) is 19.1 Å². The van der Waals surface area contributed by atoms with Crippen LogP contribution in [0.15, 0.2) is 21.9 Å². The Hall–Kier alpha value is -2.26. The molecule has 26 heavy (non-hydrogen) atoms. The summed E-state index contributed by atoms with van der Waals surface area (Å²) in [6.45, 7) is 1.48. The third-order valence-electron chi connectivity index (χ3n) is 3.55. The normalized spacial score (nSPS) is 12.4. The lowest BCUT2D eigenvalue weighted by Gasteiger charge is -2.12. The molecule has 11 heteroatoms. The number of alkyl halides is 3. The van der Waals surface area contributed by atoms with Gasteiger partial charge in [-0.1, -0.05) is 23.2 Å². The molecular formula is C15H12Cl2F3N3O3. The third-order valence-corrected chi connectivity index (χ3v) is 4.12.